The zero-order valence-electron chi connectivity index (χ0n) is 13.9. The van der Waals surface area contributed by atoms with Crippen molar-refractivity contribution in [2.45, 2.75) is 6.92 Å². The van der Waals surface area contributed by atoms with Crippen LogP contribution in [0.1, 0.15) is 27.8 Å². The van der Waals surface area contributed by atoms with E-state index in [0.717, 1.165) is 24.5 Å². The van der Waals surface area contributed by atoms with E-state index >= 15 is 0 Å². The van der Waals surface area contributed by atoms with Crippen LogP contribution in [-0.2, 0) is 0 Å². The minimum atomic E-state index is -0.0584. The van der Waals surface area contributed by atoms with Crippen LogP contribution in [0.2, 0.25) is 0 Å². The van der Waals surface area contributed by atoms with Crippen LogP contribution in [0.15, 0.2) is 36.5 Å². The van der Waals surface area contributed by atoms with Crippen molar-refractivity contribution in [3.05, 3.63) is 47.8 Å². The van der Waals surface area contributed by atoms with Gasteiger partial charge in [-0.15, -0.1) is 0 Å². The number of carbonyl (C=O) groups excluding carboxylic acids is 2. The summed E-state index contributed by atoms with van der Waals surface area (Å²) >= 11 is 0. The summed E-state index contributed by atoms with van der Waals surface area (Å²) in [7, 11) is 1.65. The van der Waals surface area contributed by atoms with Crippen molar-refractivity contribution in [3.8, 4) is 5.75 Å². The number of nitrogens with one attached hydrogen (secondary N) is 1. The maximum absolute atomic E-state index is 12.5. The molecule has 6 nitrogen and oxygen atoms in total. The number of ketones is 1. The van der Waals surface area contributed by atoms with Crippen molar-refractivity contribution in [3.63, 3.8) is 0 Å². The quantitative estimate of drug-likeness (QED) is 0.874. The maximum Gasteiger partial charge on any atom is 0.270 e. The van der Waals surface area contributed by atoms with E-state index in [9.17, 15) is 9.59 Å². The number of Topliss-reactive ketones (excluding diaryl/α,β-unsaturated/α-hetero) is 1. The van der Waals surface area contributed by atoms with Crippen molar-refractivity contribution < 1.29 is 14.3 Å². The van der Waals surface area contributed by atoms with Crippen LogP contribution in [-0.4, -0.2) is 54.9 Å². The number of carbonyl (C=O) groups is 2. The first-order valence-corrected chi connectivity index (χ1v) is 7.96. The Balaban J connectivity index is 1.61. The Bertz CT molecular complexity index is 728. The number of ether oxygens (including phenoxy) is 1. The number of H-pyrrole nitrogens is 1. The van der Waals surface area contributed by atoms with E-state index in [1.54, 1.807) is 19.4 Å². The molecule has 6 heteroatoms. The highest BCUT2D eigenvalue weighted by molar-refractivity contribution is 5.99. The molecule has 1 aromatic heterocycles. The van der Waals surface area contributed by atoms with Gasteiger partial charge in [0.15, 0.2) is 5.78 Å². The molecular formula is C18H21N3O3. The van der Waals surface area contributed by atoms with Crippen molar-refractivity contribution in [1.82, 2.24) is 9.88 Å². The molecule has 0 spiro atoms. The van der Waals surface area contributed by atoms with Crippen molar-refractivity contribution in [1.29, 1.82) is 0 Å². The van der Waals surface area contributed by atoms with E-state index in [4.69, 9.17) is 4.74 Å². The summed E-state index contributed by atoms with van der Waals surface area (Å²) < 4.78 is 5.17. The van der Waals surface area contributed by atoms with Crippen LogP contribution in [0.3, 0.4) is 0 Å². The second kappa shape index (κ2) is 6.78. The first-order chi connectivity index (χ1) is 11.6. The number of piperazine rings is 1. The number of benzene rings is 1. The topological polar surface area (TPSA) is 65.6 Å². The molecule has 126 valence electrons. The third kappa shape index (κ3) is 3.27. The zero-order valence-corrected chi connectivity index (χ0v) is 13.9. The third-order valence-corrected chi connectivity index (χ3v) is 4.32. The first-order valence-electron chi connectivity index (χ1n) is 7.96. The molecule has 1 aliphatic heterocycles. The number of rotatable bonds is 4. The molecule has 1 aliphatic rings. The van der Waals surface area contributed by atoms with E-state index in [1.165, 1.54) is 6.92 Å². The molecule has 0 saturated carbocycles. The van der Waals surface area contributed by atoms with Crippen molar-refractivity contribution in [2.24, 2.45) is 0 Å². The smallest absolute Gasteiger partial charge is 0.270 e. The standard InChI is InChI=1S/C18H21N3O3/c1-13(22)14-11-17(19-12-14)18(23)21-9-7-20(8-10-21)15-3-5-16(24-2)6-4-15/h3-6,11-12,19H,7-10H2,1-2H3. The van der Waals surface area contributed by atoms with Crippen molar-refractivity contribution >= 4 is 17.4 Å². The lowest BCUT2D eigenvalue weighted by Gasteiger charge is -2.36. The largest absolute Gasteiger partial charge is 0.497 e. The lowest BCUT2D eigenvalue weighted by Crippen LogP contribution is -2.48. The molecule has 0 aliphatic carbocycles. The van der Waals surface area contributed by atoms with Crippen molar-refractivity contribution in [2.75, 3.05) is 38.2 Å². The maximum atomic E-state index is 12.5. The molecule has 2 aromatic rings. The fourth-order valence-electron chi connectivity index (χ4n) is 2.85. The predicted octanol–water partition coefficient (Wildman–Crippen LogP) is 2.19. The van der Waals surface area contributed by atoms with Gasteiger partial charge in [0.2, 0.25) is 0 Å². The van der Waals surface area contributed by atoms with Gasteiger partial charge in [0.05, 0.1) is 7.11 Å². The molecule has 2 heterocycles. The number of aromatic nitrogens is 1. The summed E-state index contributed by atoms with van der Waals surface area (Å²) in [6.07, 6.45) is 1.59. The number of nitrogens with zero attached hydrogens (tertiary/aromatic N) is 2. The molecule has 0 radical (unpaired) electrons. The van der Waals surface area contributed by atoms with Gasteiger partial charge in [0, 0.05) is 43.6 Å². The highest BCUT2D eigenvalue weighted by Crippen LogP contribution is 2.21. The zero-order chi connectivity index (χ0) is 17.1. The summed E-state index contributed by atoms with van der Waals surface area (Å²) in [6.45, 7) is 4.35. The van der Waals surface area contributed by atoms with Gasteiger partial charge in [-0.1, -0.05) is 0 Å². The van der Waals surface area contributed by atoms with Crippen LogP contribution >= 0.6 is 0 Å². The Morgan fingerprint density at radius 2 is 1.75 bits per heavy atom. The molecule has 1 saturated heterocycles. The summed E-state index contributed by atoms with van der Waals surface area (Å²) in [5.41, 5.74) is 2.13. The van der Waals surface area contributed by atoms with Crippen LogP contribution in [0.4, 0.5) is 5.69 Å². The highest BCUT2D eigenvalue weighted by Gasteiger charge is 2.23. The average Bonchev–Trinajstić information content (AvgIpc) is 3.12. The Kier molecular flexibility index (Phi) is 4.55. The number of aromatic amines is 1. The molecule has 1 aromatic carbocycles. The lowest BCUT2D eigenvalue weighted by atomic mass is 10.2. The molecule has 3 rings (SSSR count). The number of hydrogen-bond acceptors (Lipinski definition) is 4. The van der Waals surface area contributed by atoms with E-state index in [0.29, 0.717) is 24.3 Å². The first kappa shape index (κ1) is 16.1. The number of hydrogen-bond donors (Lipinski definition) is 1. The normalized spacial score (nSPS) is 14.6. The van der Waals surface area contributed by atoms with Gasteiger partial charge < -0.3 is 19.5 Å². The monoisotopic (exact) mass is 327 g/mol. The SMILES string of the molecule is COc1ccc(N2CCN(C(=O)c3cc(C(C)=O)c[nH]3)CC2)cc1. The van der Waals surface area contributed by atoms with Crippen LogP contribution in [0, 0.1) is 0 Å². The minimum absolute atomic E-state index is 0.0466. The molecule has 24 heavy (non-hydrogen) atoms. The van der Waals surface area contributed by atoms with E-state index in [1.807, 2.05) is 29.2 Å². The second-order valence-corrected chi connectivity index (χ2v) is 5.84. The summed E-state index contributed by atoms with van der Waals surface area (Å²) in [5.74, 6) is 0.729. The summed E-state index contributed by atoms with van der Waals surface area (Å²) in [4.78, 5) is 30.8. The lowest BCUT2D eigenvalue weighted by molar-refractivity contribution is 0.0741. The van der Waals surface area contributed by atoms with E-state index in [-0.39, 0.29) is 11.7 Å². The minimum Gasteiger partial charge on any atom is -0.497 e. The van der Waals surface area contributed by atoms with Gasteiger partial charge >= 0.3 is 0 Å². The van der Waals surface area contributed by atoms with Gasteiger partial charge in [-0.3, -0.25) is 9.59 Å². The molecule has 0 atom stereocenters. The Labute approximate surface area is 141 Å². The Morgan fingerprint density at radius 3 is 2.29 bits per heavy atom. The number of anilines is 1. The molecule has 1 N–H and O–H groups in total. The van der Waals surface area contributed by atoms with Gasteiger partial charge in [0.1, 0.15) is 11.4 Å². The number of methoxy groups -OCH3 is 1. The Hall–Kier alpha value is -2.76. The van der Waals surface area contributed by atoms with Gasteiger partial charge in [-0.05, 0) is 37.3 Å². The number of amides is 1. The molecule has 0 bridgehead atoms. The molecule has 1 fully saturated rings. The van der Waals surface area contributed by atoms with Gasteiger partial charge in [-0.25, -0.2) is 0 Å². The van der Waals surface area contributed by atoms with Gasteiger partial charge in [-0.2, -0.15) is 0 Å². The van der Waals surface area contributed by atoms with E-state index < -0.39 is 0 Å². The molecular weight excluding hydrogens is 306 g/mol. The predicted molar refractivity (Wildman–Crippen MR) is 91.9 cm³/mol. The average molecular weight is 327 g/mol. The summed E-state index contributed by atoms with van der Waals surface area (Å²) in [6, 6.07) is 9.56. The van der Waals surface area contributed by atoms with Crippen LogP contribution in [0.5, 0.6) is 5.75 Å². The third-order valence-electron chi connectivity index (χ3n) is 4.32. The van der Waals surface area contributed by atoms with Gasteiger partial charge in [0.25, 0.3) is 5.91 Å². The summed E-state index contributed by atoms with van der Waals surface area (Å²) in [5, 5.41) is 0. The fraction of sp³-hybridized carbons (Fsp3) is 0.333. The second-order valence-electron chi connectivity index (χ2n) is 5.84. The highest BCUT2D eigenvalue weighted by atomic mass is 16.5. The van der Waals surface area contributed by atoms with E-state index in [2.05, 4.69) is 9.88 Å². The fourth-order valence-corrected chi connectivity index (χ4v) is 2.85. The van der Waals surface area contributed by atoms with Crippen LogP contribution < -0.4 is 9.64 Å². The molecule has 0 unspecified atom stereocenters. The Morgan fingerprint density at radius 1 is 1.08 bits per heavy atom. The van der Waals surface area contributed by atoms with Crippen LogP contribution in [0.25, 0.3) is 0 Å². The molecule has 1 amide bonds.